The van der Waals surface area contributed by atoms with Gasteiger partial charge in [-0.05, 0) is 49.6 Å². The smallest absolute Gasteiger partial charge is 0.0207 e. The van der Waals surface area contributed by atoms with E-state index >= 15 is 0 Å². The van der Waals surface area contributed by atoms with Gasteiger partial charge in [0.25, 0.3) is 0 Å². The van der Waals surface area contributed by atoms with E-state index < -0.39 is 0 Å². The van der Waals surface area contributed by atoms with Gasteiger partial charge in [0.15, 0.2) is 0 Å². The Morgan fingerprint density at radius 1 is 0.765 bits per heavy atom. The molecule has 0 aliphatic heterocycles. The van der Waals surface area contributed by atoms with Crippen molar-refractivity contribution in [2.75, 3.05) is 6.16 Å². The summed E-state index contributed by atoms with van der Waals surface area (Å²) in [7, 11) is 0.420. The predicted octanol–water partition coefficient (Wildman–Crippen LogP) is 5.93. The molecule has 100 valence electrons. The van der Waals surface area contributed by atoms with Crippen LogP contribution >= 0.6 is 7.92 Å². The highest BCUT2D eigenvalue weighted by Crippen LogP contribution is 2.57. The second kappa shape index (κ2) is 7.78. The van der Waals surface area contributed by atoms with Crippen molar-refractivity contribution in [3.05, 3.63) is 0 Å². The van der Waals surface area contributed by atoms with Crippen molar-refractivity contribution in [1.82, 2.24) is 0 Å². The van der Waals surface area contributed by atoms with Crippen molar-refractivity contribution in [2.45, 2.75) is 95.3 Å². The monoisotopic (exact) mass is 254 g/mol. The summed E-state index contributed by atoms with van der Waals surface area (Å²) in [5, 5.41) is 0. The molecule has 0 amide bonds. The molecule has 2 aliphatic rings. The third-order valence-corrected chi connectivity index (χ3v) is 8.60. The van der Waals surface area contributed by atoms with Gasteiger partial charge in [-0.2, -0.15) is 0 Å². The molecule has 0 heterocycles. The average molecular weight is 254 g/mol. The van der Waals surface area contributed by atoms with Gasteiger partial charge in [0.1, 0.15) is 0 Å². The fourth-order valence-corrected chi connectivity index (χ4v) is 7.83. The van der Waals surface area contributed by atoms with E-state index in [1.54, 1.807) is 63.9 Å². The zero-order chi connectivity index (χ0) is 11.9. The van der Waals surface area contributed by atoms with Gasteiger partial charge in [-0.3, -0.25) is 0 Å². The van der Waals surface area contributed by atoms with Crippen LogP contribution in [0, 0.1) is 0 Å². The minimum Gasteiger partial charge on any atom is -0.100 e. The Morgan fingerprint density at radius 3 is 1.76 bits per heavy atom. The van der Waals surface area contributed by atoms with E-state index in [0.717, 1.165) is 0 Å². The third kappa shape index (κ3) is 4.23. The standard InChI is InChI=1S/C16H31P/c1-2-3-4-9-14-17(15-10-5-6-11-15)16-12-7-8-13-16/h15-16H,2-14H2,1H3. The van der Waals surface area contributed by atoms with Crippen LogP contribution in [0.5, 0.6) is 0 Å². The molecule has 2 rings (SSSR count). The van der Waals surface area contributed by atoms with Crippen molar-refractivity contribution >= 4 is 7.92 Å². The molecule has 0 unspecified atom stereocenters. The van der Waals surface area contributed by atoms with Gasteiger partial charge in [-0.25, -0.2) is 0 Å². The SMILES string of the molecule is CCCCCCP(C1CCCC1)C1CCCC1. The lowest BCUT2D eigenvalue weighted by atomic mass is 10.2. The lowest BCUT2D eigenvalue weighted by molar-refractivity contribution is 0.698. The Hall–Kier alpha value is 0.430. The first-order chi connectivity index (χ1) is 8.42. The van der Waals surface area contributed by atoms with Crippen molar-refractivity contribution in [3.8, 4) is 0 Å². The van der Waals surface area contributed by atoms with Gasteiger partial charge in [0, 0.05) is 0 Å². The highest BCUT2D eigenvalue weighted by molar-refractivity contribution is 7.59. The van der Waals surface area contributed by atoms with Crippen LogP contribution in [0.1, 0.15) is 84.0 Å². The van der Waals surface area contributed by atoms with E-state index in [1.165, 1.54) is 30.6 Å². The highest BCUT2D eigenvalue weighted by atomic mass is 31.1. The molecule has 0 saturated heterocycles. The number of hydrogen-bond donors (Lipinski definition) is 0. The molecule has 17 heavy (non-hydrogen) atoms. The van der Waals surface area contributed by atoms with Gasteiger partial charge in [-0.15, -0.1) is 7.92 Å². The first kappa shape index (κ1) is 13.9. The summed E-state index contributed by atoms with van der Waals surface area (Å²) in [4.78, 5) is 0. The Morgan fingerprint density at radius 2 is 1.29 bits per heavy atom. The fourth-order valence-electron chi connectivity index (χ4n) is 3.86. The molecule has 0 atom stereocenters. The maximum atomic E-state index is 2.33. The molecule has 0 spiro atoms. The van der Waals surface area contributed by atoms with Gasteiger partial charge >= 0.3 is 0 Å². The van der Waals surface area contributed by atoms with E-state index in [9.17, 15) is 0 Å². The normalized spacial score (nSPS) is 22.9. The minimum atomic E-state index is 0.420. The van der Waals surface area contributed by atoms with Crippen molar-refractivity contribution in [2.24, 2.45) is 0 Å². The van der Waals surface area contributed by atoms with Gasteiger partial charge in [-0.1, -0.05) is 51.9 Å². The van der Waals surface area contributed by atoms with Gasteiger partial charge in [0.05, 0.1) is 0 Å². The molecule has 0 N–H and O–H groups in total. The minimum absolute atomic E-state index is 0.420. The van der Waals surface area contributed by atoms with Crippen LogP contribution in [0.3, 0.4) is 0 Å². The summed E-state index contributed by atoms with van der Waals surface area (Å²) in [5.41, 5.74) is 2.38. The summed E-state index contributed by atoms with van der Waals surface area (Å²) < 4.78 is 0. The first-order valence-electron chi connectivity index (χ1n) is 8.17. The van der Waals surface area contributed by atoms with Crippen LogP contribution in [0.4, 0.5) is 0 Å². The Bertz CT molecular complexity index is 174. The lowest BCUT2D eigenvalue weighted by Crippen LogP contribution is -2.12. The molecule has 0 bridgehead atoms. The van der Waals surface area contributed by atoms with Crippen LogP contribution < -0.4 is 0 Å². The summed E-state index contributed by atoms with van der Waals surface area (Å²) in [6.07, 6.45) is 20.1. The Kier molecular flexibility index (Phi) is 6.34. The first-order valence-corrected chi connectivity index (χ1v) is 9.84. The zero-order valence-electron chi connectivity index (χ0n) is 11.8. The second-order valence-corrected chi connectivity index (χ2v) is 9.11. The van der Waals surface area contributed by atoms with E-state index in [0.29, 0.717) is 7.92 Å². The maximum Gasteiger partial charge on any atom is -0.0207 e. The quantitative estimate of drug-likeness (QED) is 0.390. The topological polar surface area (TPSA) is 0 Å². The predicted molar refractivity (Wildman–Crippen MR) is 80.4 cm³/mol. The third-order valence-electron chi connectivity index (χ3n) is 4.86. The van der Waals surface area contributed by atoms with Crippen LogP contribution in [0.2, 0.25) is 0 Å². The molecule has 1 heteroatoms. The zero-order valence-corrected chi connectivity index (χ0v) is 12.7. The highest BCUT2D eigenvalue weighted by Gasteiger charge is 2.31. The average Bonchev–Trinajstić information content (AvgIpc) is 3.02. The lowest BCUT2D eigenvalue weighted by Gasteiger charge is -2.30. The Balaban J connectivity index is 1.78. The van der Waals surface area contributed by atoms with E-state index in [2.05, 4.69) is 6.92 Å². The molecular weight excluding hydrogens is 223 g/mol. The van der Waals surface area contributed by atoms with Gasteiger partial charge in [0.2, 0.25) is 0 Å². The second-order valence-electron chi connectivity index (χ2n) is 6.18. The number of hydrogen-bond acceptors (Lipinski definition) is 0. The fraction of sp³-hybridized carbons (Fsp3) is 1.00. The van der Waals surface area contributed by atoms with E-state index in [1.807, 2.05) is 0 Å². The molecule has 0 aromatic carbocycles. The molecule has 0 nitrogen and oxygen atoms in total. The Labute approximate surface area is 110 Å². The number of unbranched alkanes of at least 4 members (excludes halogenated alkanes) is 3. The molecular formula is C16H31P. The van der Waals surface area contributed by atoms with Crippen LogP contribution in [-0.2, 0) is 0 Å². The molecule has 0 aromatic rings. The van der Waals surface area contributed by atoms with Crippen LogP contribution in [0.15, 0.2) is 0 Å². The number of rotatable bonds is 7. The largest absolute Gasteiger partial charge is 0.100 e. The maximum absolute atomic E-state index is 2.33. The van der Waals surface area contributed by atoms with Crippen molar-refractivity contribution in [1.29, 1.82) is 0 Å². The van der Waals surface area contributed by atoms with Gasteiger partial charge < -0.3 is 0 Å². The molecule has 0 radical (unpaired) electrons. The van der Waals surface area contributed by atoms with Crippen LogP contribution in [0.25, 0.3) is 0 Å². The molecule has 0 aromatic heterocycles. The van der Waals surface area contributed by atoms with E-state index in [-0.39, 0.29) is 0 Å². The molecule has 2 fully saturated rings. The van der Waals surface area contributed by atoms with Crippen LogP contribution in [-0.4, -0.2) is 17.5 Å². The van der Waals surface area contributed by atoms with Crippen molar-refractivity contribution in [3.63, 3.8) is 0 Å². The molecule has 2 aliphatic carbocycles. The van der Waals surface area contributed by atoms with E-state index in [4.69, 9.17) is 0 Å². The summed E-state index contributed by atoms with van der Waals surface area (Å²) in [5.74, 6) is 0. The summed E-state index contributed by atoms with van der Waals surface area (Å²) in [6, 6.07) is 0. The van der Waals surface area contributed by atoms with Crippen molar-refractivity contribution < 1.29 is 0 Å². The molecule has 2 saturated carbocycles. The summed E-state index contributed by atoms with van der Waals surface area (Å²) in [6.45, 7) is 2.33. The summed E-state index contributed by atoms with van der Waals surface area (Å²) >= 11 is 0.